The third-order valence-electron chi connectivity index (χ3n) is 1.64. The van der Waals surface area contributed by atoms with Gasteiger partial charge in [-0.25, -0.2) is 4.79 Å². The number of hydrogen-bond acceptors (Lipinski definition) is 3. The summed E-state index contributed by atoms with van der Waals surface area (Å²) in [5.74, 6) is 0. The van der Waals surface area contributed by atoms with Gasteiger partial charge in [0.25, 0.3) is 0 Å². The first-order valence-corrected chi connectivity index (χ1v) is 4.56. The summed E-state index contributed by atoms with van der Waals surface area (Å²) >= 11 is 0. The van der Waals surface area contributed by atoms with Gasteiger partial charge >= 0.3 is 6.09 Å². The first-order valence-electron chi connectivity index (χ1n) is 4.56. The molecule has 4 heteroatoms. The molecule has 0 aromatic heterocycles. The average molecular weight is 207 g/mol. The molecule has 2 N–H and O–H groups in total. The van der Waals surface area contributed by atoms with Gasteiger partial charge in [0.2, 0.25) is 0 Å². The standard InChI is InChI=1S/C11H13NO3/c13-8-4-7-12-11(14)15-9-10-5-2-1-3-6-10/h1-7,13H,8-9H2,(H,12,14)/b7-4+. The average Bonchev–Trinajstić information content (AvgIpc) is 2.28. The van der Waals surface area contributed by atoms with E-state index >= 15 is 0 Å². The summed E-state index contributed by atoms with van der Waals surface area (Å²) in [4.78, 5) is 11.0. The van der Waals surface area contributed by atoms with Crippen LogP contribution in [0, 0.1) is 0 Å². The van der Waals surface area contributed by atoms with Crippen LogP contribution in [-0.4, -0.2) is 17.8 Å². The van der Waals surface area contributed by atoms with Crippen LogP contribution in [0.2, 0.25) is 0 Å². The van der Waals surface area contributed by atoms with Crippen LogP contribution in [0.5, 0.6) is 0 Å². The number of nitrogens with one attached hydrogen (secondary N) is 1. The summed E-state index contributed by atoms with van der Waals surface area (Å²) in [6, 6.07) is 9.39. The molecular weight excluding hydrogens is 194 g/mol. The quantitative estimate of drug-likeness (QED) is 0.785. The highest BCUT2D eigenvalue weighted by molar-refractivity contribution is 5.68. The number of aliphatic hydroxyl groups excluding tert-OH is 1. The molecule has 0 bridgehead atoms. The van der Waals surface area contributed by atoms with Crippen LogP contribution in [0.3, 0.4) is 0 Å². The molecule has 0 saturated carbocycles. The molecule has 0 atom stereocenters. The van der Waals surface area contributed by atoms with Crippen LogP contribution in [0.25, 0.3) is 0 Å². The maximum Gasteiger partial charge on any atom is 0.411 e. The number of carbonyl (C=O) groups excluding carboxylic acids is 1. The molecule has 0 aliphatic carbocycles. The van der Waals surface area contributed by atoms with E-state index < -0.39 is 6.09 Å². The molecule has 80 valence electrons. The van der Waals surface area contributed by atoms with Gasteiger partial charge in [-0.05, 0) is 11.6 Å². The number of rotatable bonds is 4. The van der Waals surface area contributed by atoms with Crippen LogP contribution in [0.4, 0.5) is 4.79 Å². The minimum Gasteiger partial charge on any atom is -0.444 e. The Bertz CT molecular complexity index is 322. The second-order valence-electron chi connectivity index (χ2n) is 2.79. The molecule has 1 aromatic rings. The van der Waals surface area contributed by atoms with Crippen LogP contribution in [0.1, 0.15) is 5.56 Å². The van der Waals surface area contributed by atoms with Gasteiger partial charge in [0.15, 0.2) is 0 Å². The highest BCUT2D eigenvalue weighted by atomic mass is 16.5. The van der Waals surface area contributed by atoms with Crippen molar-refractivity contribution in [1.82, 2.24) is 5.32 Å². The molecule has 0 heterocycles. The lowest BCUT2D eigenvalue weighted by atomic mass is 10.2. The van der Waals surface area contributed by atoms with Crippen molar-refractivity contribution < 1.29 is 14.6 Å². The van der Waals surface area contributed by atoms with Gasteiger partial charge in [-0.15, -0.1) is 0 Å². The molecule has 0 unspecified atom stereocenters. The molecular formula is C11H13NO3. The lowest BCUT2D eigenvalue weighted by Gasteiger charge is -2.03. The van der Waals surface area contributed by atoms with Gasteiger partial charge in [-0.1, -0.05) is 30.3 Å². The van der Waals surface area contributed by atoms with Crippen molar-refractivity contribution >= 4 is 6.09 Å². The van der Waals surface area contributed by atoms with Gasteiger partial charge < -0.3 is 9.84 Å². The Labute approximate surface area is 88.2 Å². The van der Waals surface area contributed by atoms with Gasteiger partial charge in [-0.2, -0.15) is 0 Å². The normalized spacial score (nSPS) is 10.2. The van der Waals surface area contributed by atoms with E-state index in [-0.39, 0.29) is 13.2 Å². The number of aliphatic hydroxyl groups is 1. The minimum atomic E-state index is -0.538. The van der Waals surface area contributed by atoms with E-state index in [1.807, 2.05) is 30.3 Å². The molecule has 4 nitrogen and oxygen atoms in total. The van der Waals surface area contributed by atoms with E-state index in [4.69, 9.17) is 9.84 Å². The summed E-state index contributed by atoms with van der Waals surface area (Å²) in [5, 5.41) is 10.8. The number of amides is 1. The van der Waals surface area contributed by atoms with E-state index in [2.05, 4.69) is 5.32 Å². The SMILES string of the molecule is O=C(N/C=C/CO)OCc1ccccc1. The third kappa shape index (κ3) is 4.83. The molecule has 1 rings (SSSR count). The Morgan fingerprint density at radius 2 is 2.13 bits per heavy atom. The van der Waals surface area contributed by atoms with Gasteiger partial charge in [0.05, 0.1) is 6.61 Å². The van der Waals surface area contributed by atoms with E-state index in [1.54, 1.807) is 0 Å². The van der Waals surface area contributed by atoms with Crippen molar-refractivity contribution in [3.8, 4) is 0 Å². The van der Waals surface area contributed by atoms with Crippen LogP contribution in [-0.2, 0) is 11.3 Å². The fraction of sp³-hybridized carbons (Fsp3) is 0.182. The third-order valence-corrected chi connectivity index (χ3v) is 1.64. The molecule has 0 saturated heterocycles. The number of benzene rings is 1. The lowest BCUT2D eigenvalue weighted by Crippen LogP contribution is -2.18. The molecule has 1 aromatic carbocycles. The monoisotopic (exact) mass is 207 g/mol. The van der Waals surface area contributed by atoms with Crippen molar-refractivity contribution in [2.45, 2.75) is 6.61 Å². The van der Waals surface area contributed by atoms with Gasteiger partial charge in [-0.3, -0.25) is 5.32 Å². The first-order chi connectivity index (χ1) is 7.33. The lowest BCUT2D eigenvalue weighted by molar-refractivity contribution is 0.143. The zero-order chi connectivity index (χ0) is 10.9. The van der Waals surface area contributed by atoms with Crippen molar-refractivity contribution in [2.75, 3.05) is 6.61 Å². The zero-order valence-electron chi connectivity index (χ0n) is 8.22. The number of hydrogen-bond donors (Lipinski definition) is 2. The summed E-state index contributed by atoms with van der Waals surface area (Å²) in [6.45, 7) is 0.124. The minimum absolute atomic E-state index is 0.112. The molecule has 0 radical (unpaired) electrons. The highest BCUT2D eigenvalue weighted by Gasteiger charge is 1.98. The van der Waals surface area contributed by atoms with Crippen LogP contribution >= 0.6 is 0 Å². The molecule has 0 aliphatic rings. The van der Waals surface area contributed by atoms with Crippen LogP contribution < -0.4 is 5.32 Å². The Morgan fingerprint density at radius 1 is 1.40 bits per heavy atom. The van der Waals surface area contributed by atoms with Crippen molar-refractivity contribution in [3.63, 3.8) is 0 Å². The van der Waals surface area contributed by atoms with Gasteiger partial charge in [0, 0.05) is 6.20 Å². The van der Waals surface area contributed by atoms with Crippen molar-refractivity contribution in [2.24, 2.45) is 0 Å². The first kappa shape index (κ1) is 11.3. The summed E-state index contributed by atoms with van der Waals surface area (Å²) in [7, 11) is 0. The number of alkyl carbamates (subject to hydrolysis) is 1. The fourth-order valence-electron chi connectivity index (χ4n) is 0.944. The molecule has 0 spiro atoms. The Morgan fingerprint density at radius 3 is 2.80 bits per heavy atom. The van der Waals surface area contributed by atoms with Gasteiger partial charge in [0.1, 0.15) is 6.61 Å². The van der Waals surface area contributed by atoms with Crippen molar-refractivity contribution in [3.05, 3.63) is 48.2 Å². The molecule has 1 amide bonds. The van der Waals surface area contributed by atoms with Crippen LogP contribution in [0.15, 0.2) is 42.6 Å². The predicted molar refractivity (Wildman–Crippen MR) is 56.0 cm³/mol. The maximum absolute atomic E-state index is 11.0. The van der Waals surface area contributed by atoms with E-state index in [0.717, 1.165) is 5.56 Å². The second kappa shape index (κ2) is 6.62. The summed E-state index contributed by atoms with van der Waals surface area (Å²) in [6.07, 6.45) is 2.21. The Hall–Kier alpha value is -1.81. The number of carbonyl (C=O) groups is 1. The fourth-order valence-corrected chi connectivity index (χ4v) is 0.944. The highest BCUT2D eigenvalue weighted by Crippen LogP contribution is 2.00. The number of ether oxygens (including phenoxy) is 1. The van der Waals surface area contributed by atoms with E-state index in [1.165, 1.54) is 12.3 Å². The zero-order valence-corrected chi connectivity index (χ0v) is 8.22. The Kier molecular flexibility index (Phi) is 4.97. The predicted octanol–water partition coefficient (Wildman–Crippen LogP) is 1.42. The summed E-state index contributed by atoms with van der Waals surface area (Å²) in [5.41, 5.74) is 0.929. The largest absolute Gasteiger partial charge is 0.444 e. The van der Waals surface area contributed by atoms with E-state index in [0.29, 0.717) is 0 Å². The molecule has 15 heavy (non-hydrogen) atoms. The van der Waals surface area contributed by atoms with E-state index in [9.17, 15) is 4.79 Å². The topological polar surface area (TPSA) is 58.6 Å². The van der Waals surface area contributed by atoms with Crippen molar-refractivity contribution in [1.29, 1.82) is 0 Å². The smallest absolute Gasteiger partial charge is 0.411 e. The molecule has 0 fully saturated rings. The molecule has 0 aliphatic heterocycles. The summed E-state index contributed by atoms with van der Waals surface area (Å²) < 4.78 is 4.89. The second-order valence-corrected chi connectivity index (χ2v) is 2.79. The Balaban J connectivity index is 2.26. The maximum atomic E-state index is 11.0.